The summed E-state index contributed by atoms with van der Waals surface area (Å²) >= 11 is 2.05. The van der Waals surface area contributed by atoms with Crippen LogP contribution in [0.15, 0.2) is 29.5 Å². The second kappa shape index (κ2) is 7.25. The van der Waals surface area contributed by atoms with Crippen LogP contribution in [0.3, 0.4) is 0 Å². The summed E-state index contributed by atoms with van der Waals surface area (Å²) in [4.78, 5) is 11.9. The third-order valence-electron chi connectivity index (χ3n) is 2.79. The van der Waals surface area contributed by atoms with Crippen LogP contribution in [0.25, 0.3) is 0 Å². The number of carbonyl (C=O) groups is 1. The first-order chi connectivity index (χ1) is 10.5. The molecule has 2 aromatic rings. The number of methoxy groups -OCH3 is 2. The highest BCUT2D eigenvalue weighted by molar-refractivity contribution is 14.1. The fourth-order valence-corrected chi connectivity index (χ4v) is 2.52. The molecule has 0 bridgehead atoms. The Morgan fingerprint density at radius 1 is 1.36 bits per heavy atom. The van der Waals surface area contributed by atoms with Gasteiger partial charge in [0.25, 0.3) is 5.91 Å². The number of nitrogens with one attached hydrogen (secondary N) is 1. The smallest absolute Gasteiger partial charge is 0.292 e. The summed E-state index contributed by atoms with van der Waals surface area (Å²) in [7, 11) is 4.88. The number of carbonyl (C=O) groups excluding carboxylic acids is 1. The maximum atomic E-state index is 11.9. The molecule has 0 spiro atoms. The molecule has 0 fully saturated rings. The minimum absolute atomic E-state index is 0.340. The fourth-order valence-electron chi connectivity index (χ4n) is 1.76. The SMILES string of the molecule is COc1ccc(/C=N/NC(=O)c2nn(C)cc2I)cc1OC. The van der Waals surface area contributed by atoms with Gasteiger partial charge in [-0.3, -0.25) is 9.48 Å². The molecule has 0 saturated heterocycles. The lowest BCUT2D eigenvalue weighted by molar-refractivity contribution is 0.0948. The highest BCUT2D eigenvalue weighted by Gasteiger charge is 2.13. The molecule has 1 heterocycles. The molecule has 2 rings (SSSR count). The van der Waals surface area contributed by atoms with Gasteiger partial charge in [0.15, 0.2) is 17.2 Å². The number of hydrogen-bond acceptors (Lipinski definition) is 5. The monoisotopic (exact) mass is 414 g/mol. The minimum atomic E-state index is -0.360. The normalized spacial score (nSPS) is 10.7. The van der Waals surface area contributed by atoms with Crippen molar-refractivity contribution >= 4 is 34.7 Å². The van der Waals surface area contributed by atoms with Crippen molar-refractivity contribution in [2.75, 3.05) is 14.2 Å². The number of hydrogen-bond donors (Lipinski definition) is 1. The molecule has 1 amide bonds. The van der Waals surface area contributed by atoms with Gasteiger partial charge in [-0.2, -0.15) is 10.2 Å². The third-order valence-corrected chi connectivity index (χ3v) is 3.58. The highest BCUT2D eigenvalue weighted by atomic mass is 127. The summed E-state index contributed by atoms with van der Waals surface area (Å²) in [5.74, 6) is 0.866. The van der Waals surface area contributed by atoms with Crippen molar-refractivity contribution < 1.29 is 14.3 Å². The maximum absolute atomic E-state index is 11.9. The van der Waals surface area contributed by atoms with E-state index in [0.717, 1.165) is 9.13 Å². The molecule has 1 aromatic heterocycles. The van der Waals surface area contributed by atoms with Gasteiger partial charge < -0.3 is 9.47 Å². The van der Waals surface area contributed by atoms with E-state index in [1.807, 2.05) is 6.07 Å². The van der Waals surface area contributed by atoms with Crippen LogP contribution in [0, 0.1) is 3.57 Å². The van der Waals surface area contributed by atoms with Crippen molar-refractivity contribution in [2.24, 2.45) is 12.1 Å². The summed E-state index contributed by atoms with van der Waals surface area (Å²) in [6.45, 7) is 0. The number of benzene rings is 1. The molecular formula is C14H15IN4O3. The van der Waals surface area contributed by atoms with E-state index in [0.29, 0.717) is 17.2 Å². The van der Waals surface area contributed by atoms with Gasteiger partial charge in [-0.1, -0.05) is 0 Å². The molecule has 116 valence electrons. The number of rotatable bonds is 5. The molecule has 0 unspecified atom stereocenters. The van der Waals surface area contributed by atoms with Crippen LogP contribution in [-0.2, 0) is 7.05 Å². The third kappa shape index (κ3) is 3.75. The molecule has 22 heavy (non-hydrogen) atoms. The Bertz CT molecular complexity index is 712. The minimum Gasteiger partial charge on any atom is -0.493 e. The molecule has 0 atom stereocenters. The number of amides is 1. The van der Waals surface area contributed by atoms with Crippen LogP contribution in [0.2, 0.25) is 0 Å². The van der Waals surface area contributed by atoms with Crippen molar-refractivity contribution in [1.29, 1.82) is 0 Å². The van der Waals surface area contributed by atoms with Gasteiger partial charge in [0, 0.05) is 13.2 Å². The first-order valence-electron chi connectivity index (χ1n) is 6.29. The van der Waals surface area contributed by atoms with E-state index >= 15 is 0 Å². The summed E-state index contributed by atoms with van der Waals surface area (Å²) in [6.07, 6.45) is 3.28. The average molecular weight is 414 g/mol. The second-order valence-corrected chi connectivity index (χ2v) is 5.48. The molecule has 7 nitrogen and oxygen atoms in total. The van der Waals surface area contributed by atoms with Gasteiger partial charge in [-0.05, 0) is 46.4 Å². The van der Waals surface area contributed by atoms with E-state index in [9.17, 15) is 4.79 Å². The van der Waals surface area contributed by atoms with E-state index in [4.69, 9.17) is 9.47 Å². The molecule has 8 heteroatoms. The van der Waals surface area contributed by atoms with E-state index < -0.39 is 0 Å². The second-order valence-electron chi connectivity index (χ2n) is 4.31. The summed E-state index contributed by atoms with van der Waals surface area (Å²) in [5.41, 5.74) is 3.56. The van der Waals surface area contributed by atoms with Crippen LogP contribution in [0.1, 0.15) is 16.1 Å². The number of ether oxygens (including phenoxy) is 2. The molecule has 0 aliphatic heterocycles. The van der Waals surface area contributed by atoms with E-state index in [2.05, 4.69) is 38.2 Å². The van der Waals surface area contributed by atoms with Crippen molar-refractivity contribution in [3.8, 4) is 11.5 Å². The molecule has 0 aliphatic carbocycles. The summed E-state index contributed by atoms with van der Waals surface area (Å²) in [6, 6.07) is 5.34. The van der Waals surface area contributed by atoms with E-state index in [-0.39, 0.29) is 5.91 Å². The first-order valence-corrected chi connectivity index (χ1v) is 7.37. The average Bonchev–Trinajstić information content (AvgIpc) is 2.85. The predicted octanol–water partition coefficient (Wildman–Crippen LogP) is 1.81. The molecule has 0 aliphatic rings. The lowest BCUT2D eigenvalue weighted by Gasteiger charge is -2.07. The van der Waals surface area contributed by atoms with Crippen LogP contribution < -0.4 is 14.9 Å². The van der Waals surface area contributed by atoms with Crippen molar-refractivity contribution in [1.82, 2.24) is 15.2 Å². The quantitative estimate of drug-likeness (QED) is 0.460. The van der Waals surface area contributed by atoms with Crippen LogP contribution in [-0.4, -0.2) is 36.1 Å². The lowest BCUT2D eigenvalue weighted by Crippen LogP contribution is -2.19. The van der Waals surface area contributed by atoms with Gasteiger partial charge in [0.05, 0.1) is 24.0 Å². The number of halogens is 1. The van der Waals surface area contributed by atoms with Gasteiger partial charge in [0.2, 0.25) is 0 Å². The van der Waals surface area contributed by atoms with Crippen LogP contribution >= 0.6 is 22.6 Å². The van der Waals surface area contributed by atoms with Crippen LogP contribution in [0.4, 0.5) is 0 Å². The Morgan fingerprint density at radius 2 is 2.09 bits per heavy atom. The van der Waals surface area contributed by atoms with Gasteiger partial charge in [-0.15, -0.1) is 0 Å². The largest absolute Gasteiger partial charge is 0.493 e. The zero-order chi connectivity index (χ0) is 16.1. The fraction of sp³-hybridized carbons (Fsp3) is 0.214. The van der Waals surface area contributed by atoms with Gasteiger partial charge in [-0.25, -0.2) is 5.43 Å². The number of hydrazone groups is 1. The van der Waals surface area contributed by atoms with Crippen molar-refractivity contribution in [2.45, 2.75) is 0 Å². The lowest BCUT2D eigenvalue weighted by atomic mass is 10.2. The highest BCUT2D eigenvalue weighted by Crippen LogP contribution is 2.26. The topological polar surface area (TPSA) is 77.7 Å². The number of aryl methyl sites for hydroxylation is 1. The zero-order valence-electron chi connectivity index (χ0n) is 12.3. The standard InChI is InChI=1S/C14H15IN4O3/c1-19-8-10(15)13(18-19)14(20)17-16-7-9-4-5-11(21-2)12(6-9)22-3/h4-8H,1-3H3,(H,17,20)/b16-7+. The van der Waals surface area contributed by atoms with Crippen molar-refractivity contribution in [3.05, 3.63) is 39.2 Å². The Labute approximate surface area is 141 Å². The molecule has 0 radical (unpaired) electrons. The molecule has 0 saturated carbocycles. The van der Waals surface area contributed by atoms with E-state index in [1.54, 1.807) is 44.3 Å². The van der Waals surface area contributed by atoms with E-state index in [1.165, 1.54) is 6.21 Å². The van der Waals surface area contributed by atoms with Crippen LogP contribution in [0.5, 0.6) is 11.5 Å². The Kier molecular flexibility index (Phi) is 5.36. The zero-order valence-corrected chi connectivity index (χ0v) is 14.5. The molecular weight excluding hydrogens is 399 g/mol. The Morgan fingerprint density at radius 3 is 2.68 bits per heavy atom. The Hall–Kier alpha value is -2.10. The maximum Gasteiger partial charge on any atom is 0.292 e. The predicted molar refractivity (Wildman–Crippen MR) is 90.5 cm³/mol. The summed E-state index contributed by atoms with van der Waals surface area (Å²) in [5, 5.41) is 8.00. The van der Waals surface area contributed by atoms with Gasteiger partial charge >= 0.3 is 0 Å². The Balaban J connectivity index is 2.06. The molecule has 1 N–H and O–H groups in total. The molecule has 1 aromatic carbocycles. The van der Waals surface area contributed by atoms with Gasteiger partial charge in [0.1, 0.15) is 0 Å². The van der Waals surface area contributed by atoms with Crippen molar-refractivity contribution in [3.63, 3.8) is 0 Å². The first kappa shape index (κ1) is 16.3. The number of aromatic nitrogens is 2. The number of nitrogens with zero attached hydrogens (tertiary/aromatic N) is 3. The summed E-state index contributed by atoms with van der Waals surface area (Å²) < 4.78 is 12.7.